The van der Waals surface area contributed by atoms with E-state index in [0.717, 1.165) is 5.56 Å². The van der Waals surface area contributed by atoms with E-state index in [1.165, 1.54) is 23.9 Å². The van der Waals surface area contributed by atoms with Crippen molar-refractivity contribution >= 4 is 23.2 Å². The summed E-state index contributed by atoms with van der Waals surface area (Å²) in [5.41, 5.74) is 5.56. The molecule has 1 N–H and O–H groups in total. The Morgan fingerprint density at radius 3 is 2.64 bits per heavy atom. The third-order valence-corrected chi connectivity index (χ3v) is 5.85. The molecule has 2 atom stereocenters. The fraction of sp³-hybridized carbons (Fsp3) is 0.211. The van der Waals surface area contributed by atoms with Crippen molar-refractivity contribution < 1.29 is 9.72 Å². The zero-order valence-corrected chi connectivity index (χ0v) is 16.0. The first kappa shape index (κ1) is 18.2. The van der Waals surface area contributed by atoms with Gasteiger partial charge in [-0.3, -0.25) is 14.9 Å². The molecular formula is C19H17N5O3S. The maximum Gasteiger partial charge on any atom is 0.269 e. The van der Waals surface area contributed by atoms with Gasteiger partial charge in [0.2, 0.25) is 5.16 Å². The van der Waals surface area contributed by atoms with E-state index in [4.69, 9.17) is 0 Å². The van der Waals surface area contributed by atoms with Crippen LogP contribution >= 0.6 is 11.8 Å². The molecule has 3 aromatic rings. The second-order valence-corrected chi connectivity index (χ2v) is 7.70. The number of aryl methyl sites for hydroxylation is 2. The van der Waals surface area contributed by atoms with Gasteiger partial charge in [-0.2, -0.15) is 0 Å². The lowest BCUT2D eigenvalue weighted by atomic mass is 9.97. The average Bonchev–Trinajstić information content (AvgIpc) is 3.07. The number of fused-ring (bicyclic) bond motifs is 1. The van der Waals surface area contributed by atoms with Crippen LogP contribution in [0, 0.1) is 24.0 Å². The zero-order chi connectivity index (χ0) is 19.8. The SMILES string of the molecule is Cc1ccc(C(=O)[C@@H]2Sc3nnc(C)n3N[C@H]2c2cccc([N+](=O)[O-])c2)cc1. The van der Waals surface area contributed by atoms with Gasteiger partial charge in [-0.25, -0.2) is 4.68 Å². The van der Waals surface area contributed by atoms with Gasteiger partial charge in [0.25, 0.3) is 5.69 Å². The molecular weight excluding hydrogens is 378 g/mol. The van der Waals surface area contributed by atoms with Crippen molar-refractivity contribution in [2.45, 2.75) is 30.3 Å². The van der Waals surface area contributed by atoms with Crippen molar-refractivity contribution in [3.8, 4) is 0 Å². The summed E-state index contributed by atoms with van der Waals surface area (Å²) in [4.78, 5) is 24.0. The van der Waals surface area contributed by atoms with Gasteiger partial charge in [0.05, 0.1) is 11.0 Å². The van der Waals surface area contributed by atoms with Crippen LogP contribution in [0.1, 0.15) is 33.4 Å². The van der Waals surface area contributed by atoms with E-state index in [-0.39, 0.29) is 11.5 Å². The maximum absolute atomic E-state index is 13.3. The Kier molecular flexibility index (Phi) is 4.60. The van der Waals surface area contributed by atoms with Crippen LogP contribution in [0.2, 0.25) is 0 Å². The molecule has 0 saturated heterocycles. The van der Waals surface area contributed by atoms with Gasteiger partial charge in [-0.1, -0.05) is 53.7 Å². The van der Waals surface area contributed by atoms with E-state index in [2.05, 4.69) is 15.6 Å². The normalized spacial score (nSPS) is 18.2. The Balaban J connectivity index is 1.77. The summed E-state index contributed by atoms with van der Waals surface area (Å²) in [5.74, 6) is 0.583. The van der Waals surface area contributed by atoms with E-state index >= 15 is 0 Å². The number of non-ortho nitro benzene ring substituents is 1. The summed E-state index contributed by atoms with van der Waals surface area (Å²) in [6, 6.07) is 13.3. The second-order valence-electron chi connectivity index (χ2n) is 6.59. The van der Waals surface area contributed by atoms with Crippen molar-refractivity contribution in [1.82, 2.24) is 14.9 Å². The van der Waals surface area contributed by atoms with Crippen molar-refractivity contribution in [2.24, 2.45) is 0 Å². The van der Waals surface area contributed by atoms with E-state index < -0.39 is 16.2 Å². The molecule has 0 aliphatic carbocycles. The third kappa shape index (κ3) is 3.24. The highest BCUT2D eigenvalue weighted by Gasteiger charge is 2.38. The molecule has 0 saturated carbocycles. The number of nitrogens with zero attached hydrogens (tertiary/aromatic N) is 4. The molecule has 2 aromatic carbocycles. The summed E-state index contributed by atoms with van der Waals surface area (Å²) < 4.78 is 1.72. The Hall–Kier alpha value is -3.20. The van der Waals surface area contributed by atoms with Crippen molar-refractivity contribution in [2.75, 3.05) is 5.43 Å². The molecule has 1 aromatic heterocycles. The van der Waals surface area contributed by atoms with Crippen LogP contribution in [0.4, 0.5) is 5.69 Å². The first-order chi connectivity index (χ1) is 13.4. The monoisotopic (exact) mass is 395 g/mol. The van der Waals surface area contributed by atoms with Crippen LogP contribution in [0.15, 0.2) is 53.7 Å². The Bertz CT molecular complexity index is 1060. The molecule has 9 heteroatoms. The second kappa shape index (κ2) is 7.08. The highest BCUT2D eigenvalue weighted by molar-refractivity contribution is 8.00. The quantitative estimate of drug-likeness (QED) is 0.410. The molecule has 0 spiro atoms. The highest BCUT2D eigenvalue weighted by Crippen LogP contribution is 2.39. The van der Waals surface area contributed by atoms with Gasteiger partial charge in [0.1, 0.15) is 11.1 Å². The largest absolute Gasteiger partial charge is 0.313 e. The maximum atomic E-state index is 13.3. The number of hydrogen-bond acceptors (Lipinski definition) is 7. The smallest absolute Gasteiger partial charge is 0.269 e. The van der Waals surface area contributed by atoms with E-state index in [9.17, 15) is 14.9 Å². The standard InChI is InChI=1S/C19H17N5O3S/c1-11-6-8-13(9-7-11)17(25)18-16(14-4-3-5-15(10-14)24(26)27)22-23-12(2)20-21-19(23)28-18/h3-10,16,18,22H,1-2H3/t16-,18+/m0/s1. The summed E-state index contributed by atoms with van der Waals surface area (Å²) in [6.45, 7) is 3.76. The van der Waals surface area contributed by atoms with Crippen LogP contribution in [-0.2, 0) is 0 Å². The lowest BCUT2D eigenvalue weighted by Gasteiger charge is -2.32. The van der Waals surface area contributed by atoms with E-state index in [1.54, 1.807) is 35.9 Å². The van der Waals surface area contributed by atoms with Gasteiger partial charge >= 0.3 is 0 Å². The first-order valence-electron chi connectivity index (χ1n) is 8.64. The minimum absolute atomic E-state index is 0.0166. The predicted molar refractivity (Wildman–Crippen MR) is 105 cm³/mol. The molecule has 8 nitrogen and oxygen atoms in total. The lowest BCUT2D eigenvalue weighted by Crippen LogP contribution is -2.39. The van der Waals surface area contributed by atoms with Crippen LogP contribution < -0.4 is 5.43 Å². The number of benzene rings is 2. The fourth-order valence-electron chi connectivity index (χ4n) is 3.12. The number of rotatable bonds is 4. The molecule has 142 valence electrons. The summed E-state index contributed by atoms with van der Waals surface area (Å²) in [5, 5.41) is 19.4. The Labute approximate surface area is 165 Å². The minimum Gasteiger partial charge on any atom is -0.313 e. The van der Waals surface area contributed by atoms with Gasteiger partial charge in [0, 0.05) is 17.7 Å². The van der Waals surface area contributed by atoms with E-state index in [0.29, 0.717) is 22.1 Å². The van der Waals surface area contributed by atoms with E-state index in [1.807, 2.05) is 19.1 Å². The fourth-order valence-corrected chi connectivity index (χ4v) is 4.33. The third-order valence-electron chi connectivity index (χ3n) is 4.63. The van der Waals surface area contributed by atoms with Gasteiger partial charge in [-0.05, 0) is 19.4 Å². The number of thioether (sulfide) groups is 1. The minimum atomic E-state index is -0.541. The van der Waals surface area contributed by atoms with Gasteiger partial charge < -0.3 is 5.43 Å². The Morgan fingerprint density at radius 2 is 1.93 bits per heavy atom. The molecule has 0 amide bonds. The number of Topliss-reactive ketones (excluding diaryl/α,β-unsaturated/α-hetero) is 1. The Morgan fingerprint density at radius 1 is 1.18 bits per heavy atom. The average molecular weight is 395 g/mol. The molecule has 0 radical (unpaired) electrons. The zero-order valence-electron chi connectivity index (χ0n) is 15.2. The molecule has 0 fully saturated rings. The molecule has 1 aliphatic heterocycles. The van der Waals surface area contributed by atoms with Gasteiger partial charge in [0.15, 0.2) is 5.78 Å². The number of carbonyl (C=O) groups is 1. The molecule has 28 heavy (non-hydrogen) atoms. The van der Waals surface area contributed by atoms with Gasteiger partial charge in [-0.15, -0.1) is 10.2 Å². The number of nitro groups is 1. The molecule has 0 bridgehead atoms. The molecule has 4 rings (SSSR count). The number of nitro benzene ring substituents is 1. The predicted octanol–water partition coefficient (Wildman–Crippen LogP) is 3.45. The van der Waals surface area contributed by atoms with Crippen LogP contribution in [0.5, 0.6) is 0 Å². The van der Waals surface area contributed by atoms with Crippen molar-refractivity contribution in [3.05, 3.63) is 81.2 Å². The number of aromatic nitrogens is 3. The number of ketones is 1. The molecule has 2 heterocycles. The first-order valence-corrected chi connectivity index (χ1v) is 9.52. The molecule has 0 unspecified atom stereocenters. The molecule has 1 aliphatic rings. The number of hydrogen-bond donors (Lipinski definition) is 1. The summed E-state index contributed by atoms with van der Waals surface area (Å²) in [6.07, 6.45) is 0. The lowest BCUT2D eigenvalue weighted by molar-refractivity contribution is -0.384. The topological polar surface area (TPSA) is 103 Å². The van der Waals surface area contributed by atoms with Crippen molar-refractivity contribution in [1.29, 1.82) is 0 Å². The van der Waals surface area contributed by atoms with Crippen LogP contribution in [0.3, 0.4) is 0 Å². The van der Waals surface area contributed by atoms with Crippen molar-refractivity contribution in [3.63, 3.8) is 0 Å². The number of carbonyl (C=O) groups excluding carboxylic acids is 1. The summed E-state index contributed by atoms with van der Waals surface area (Å²) >= 11 is 1.31. The highest BCUT2D eigenvalue weighted by atomic mass is 32.2. The van der Waals surface area contributed by atoms with Crippen LogP contribution in [0.25, 0.3) is 0 Å². The number of nitrogens with one attached hydrogen (secondary N) is 1. The summed E-state index contributed by atoms with van der Waals surface area (Å²) in [7, 11) is 0. The van der Waals surface area contributed by atoms with Crippen LogP contribution in [-0.4, -0.2) is 30.8 Å².